The summed E-state index contributed by atoms with van der Waals surface area (Å²) in [5.41, 5.74) is 0.940. The Morgan fingerprint density at radius 3 is 2.89 bits per heavy atom. The first-order chi connectivity index (χ1) is 8.56. The van der Waals surface area contributed by atoms with Gasteiger partial charge in [-0.2, -0.15) is 0 Å². The van der Waals surface area contributed by atoms with E-state index in [0.717, 1.165) is 15.8 Å². The molecule has 0 radical (unpaired) electrons. The van der Waals surface area contributed by atoms with Crippen molar-refractivity contribution in [1.82, 2.24) is 4.90 Å². The van der Waals surface area contributed by atoms with Gasteiger partial charge in [0.05, 0.1) is 13.7 Å². The maximum atomic E-state index is 10.8. The average Bonchev–Trinajstić information content (AvgIpc) is 2.28. The Bertz CT molecular complexity index is 434. The molecule has 0 fully saturated rings. The van der Waals surface area contributed by atoms with Crippen LogP contribution in [0.2, 0.25) is 0 Å². The lowest BCUT2D eigenvalue weighted by Gasteiger charge is -2.20. The fourth-order valence-electron chi connectivity index (χ4n) is 1.67. The second-order valence-electron chi connectivity index (χ2n) is 3.81. The van der Waals surface area contributed by atoms with E-state index in [1.165, 1.54) is 0 Å². The standard InChI is InChI=1S/C13H16BrNO3/c1-3-6-15(9-13(16)17)8-10-7-11(14)4-5-12(10)18-2/h3-5,7H,1,6,8-9H2,2H3,(H,16,17). The number of aliphatic carboxylic acids is 1. The molecule has 0 bridgehead atoms. The molecule has 0 aromatic heterocycles. The molecule has 0 atom stereocenters. The molecule has 98 valence electrons. The van der Waals surface area contributed by atoms with Gasteiger partial charge in [-0.3, -0.25) is 9.69 Å². The number of rotatable bonds is 7. The number of hydrogen-bond acceptors (Lipinski definition) is 3. The highest BCUT2D eigenvalue weighted by Gasteiger charge is 2.12. The molecule has 1 aromatic rings. The molecular formula is C13H16BrNO3. The lowest BCUT2D eigenvalue weighted by molar-refractivity contribution is -0.138. The summed E-state index contributed by atoms with van der Waals surface area (Å²) in [4.78, 5) is 12.6. The van der Waals surface area contributed by atoms with Gasteiger partial charge in [0.2, 0.25) is 0 Å². The van der Waals surface area contributed by atoms with Crippen molar-refractivity contribution in [3.8, 4) is 5.75 Å². The summed E-state index contributed by atoms with van der Waals surface area (Å²) in [6.07, 6.45) is 1.69. The molecule has 0 aliphatic rings. The number of hydrogen-bond donors (Lipinski definition) is 1. The van der Waals surface area contributed by atoms with Crippen LogP contribution >= 0.6 is 15.9 Å². The molecule has 18 heavy (non-hydrogen) atoms. The van der Waals surface area contributed by atoms with Crippen LogP contribution in [0.3, 0.4) is 0 Å². The second kappa shape index (κ2) is 7.18. The molecule has 1 N–H and O–H groups in total. The van der Waals surface area contributed by atoms with E-state index < -0.39 is 5.97 Å². The van der Waals surface area contributed by atoms with Crippen molar-refractivity contribution in [1.29, 1.82) is 0 Å². The van der Waals surface area contributed by atoms with Crippen LogP contribution in [-0.2, 0) is 11.3 Å². The Morgan fingerprint density at radius 1 is 1.61 bits per heavy atom. The third kappa shape index (κ3) is 4.50. The molecule has 0 saturated heterocycles. The van der Waals surface area contributed by atoms with E-state index in [2.05, 4.69) is 22.5 Å². The molecule has 0 spiro atoms. The van der Waals surface area contributed by atoms with Gasteiger partial charge in [0.25, 0.3) is 0 Å². The first-order valence-electron chi connectivity index (χ1n) is 5.44. The van der Waals surface area contributed by atoms with Crippen LogP contribution in [0.4, 0.5) is 0 Å². The Morgan fingerprint density at radius 2 is 2.33 bits per heavy atom. The summed E-state index contributed by atoms with van der Waals surface area (Å²) in [6.45, 7) is 4.63. The van der Waals surface area contributed by atoms with Gasteiger partial charge in [0, 0.05) is 23.1 Å². The summed E-state index contributed by atoms with van der Waals surface area (Å²) in [5, 5.41) is 8.85. The van der Waals surface area contributed by atoms with E-state index in [4.69, 9.17) is 9.84 Å². The van der Waals surface area contributed by atoms with Crippen molar-refractivity contribution in [3.63, 3.8) is 0 Å². The first kappa shape index (κ1) is 14.7. The molecule has 0 saturated carbocycles. The number of nitrogens with zero attached hydrogens (tertiary/aromatic N) is 1. The van der Waals surface area contributed by atoms with Gasteiger partial charge in [0.15, 0.2) is 0 Å². The van der Waals surface area contributed by atoms with E-state index in [1.54, 1.807) is 18.1 Å². The minimum Gasteiger partial charge on any atom is -0.496 e. The fourth-order valence-corrected chi connectivity index (χ4v) is 2.08. The van der Waals surface area contributed by atoms with Crippen LogP contribution in [0.5, 0.6) is 5.75 Å². The zero-order valence-corrected chi connectivity index (χ0v) is 11.8. The lowest BCUT2D eigenvalue weighted by atomic mass is 10.2. The van der Waals surface area contributed by atoms with Gasteiger partial charge in [-0.25, -0.2) is 0 Å². The van der Waals surface area contributed by atoms with E-state index in [9.17, 15) is 4.79 Å². The van der Waals surface area contributed by atoms with Gasteiger partial charge in [0.1, 0.15) is 5.75 Å². The molecule has 0 aliphatic carbocycles. The number of carboxylic acid groups (broad SMARTS) is 1. The van der Waals surface area contributed by atoms with Crippen molar-refractivity contribution in [2.24, 2.45) is 0 Å². The summed E-state index contributed by atoms with van der Waals surface area (Å²) >= 11 is 3.39. The molecule has 0 unspecified atom stereocenters. The van der Waals surface area contributed by atoms with Crippen molar-refractivity contribution >= 4 is 21.9 Å². The predicted molar refractivity (Wildman–Crippen MR) is 73.8 cm³/mol. The first-order valence-corrected chi connectivity index (χ1v) is 6.23. The number of benzene rings is 1. The largest absolute Gasteiger partial charge is 0.496 e. The number of carbonyl (C=O) groups is 1. The maximum absolute atomic E-state index is 10.8. The lowest BCUT2D eigenvalue weighted by Crippen LogP contribution is -2.29. The number of methoxy groups -OCH3 is 1. The van der Waals surface area contributed by atoms with E-state index in [1.807, 2.05) is 18.2 Å². The monoisotopic (exact) mass is 313 g/mol. The minimum atomic E-state index is -0.856. The van der Waals surface area contributed by atoms with Crippen LogP contribution in [0.1, 0.15) is 5.56 Å². The quantitative estimate of drug-likeness (QED) is 0.786. The molecule has 0 heterocycles. The van der Waals surface area contributed by atoms with Crippen molar-refractivity contribution in [2.45, 2.75) is 6.54 Å². The molecular weight excluding hydrogens is 298 g/mol. The summed E-state index contributed by atoms with van der Waals surface area (Å²) in [6, 6.07) is 5.67. The summed E-state index contributed by atoms with van der Waals surface area (Å²) in [7, 11) is 1.60. The third-order valence-corrected chi connectivity index (χ3v) is 2.88. The highest BCUT2D eigenvalue weighted by Crippen LogP contribution is 2.24. The highest BCUT2D eigenvalue weighted by molar-refractivity contribution is 9.10. The third-order valence-electron chi connectivity index (χ3n) is 2.38. The van der Waals surface area contributed by atoms with Gasteiger partial charge >= 0.3 is 5.97 Å². The smallest absolute Gasteiger partial charge is 0.317 e. The normalized spacial score (nSPS) is 10.4. The zero-order valence-electron chi connectivity index (χ0n) is 10.2. The molecule has 1 rings (SSSR count). The van der Waals surface area contributed by atoms with E-state index in [0.29, 0.717) is 13.1 Å². The molecule has 0 aliphatic heterocycles. The van der Waals surface area contributed by atoms with Gasteiger partial charge < -0.3 is 9.84 Å². The van der Waals surface area contributed by atoms with Crippen molar-refractivity contribution in [3.05, 3.63) is 40.9 Å². The SMILES string of the molecule is C=CCN(CC(=O)O)Cc1cc(Br)ccc1OC. The second-order valence-corrected chi connectivity index (χ2v) is 4.72. The highest BCUT2D eigenvalue weighted by atomic mass is 79.9. The van der Waals surface area contributed by atoms with E-state index >= 15 is 0 Å². The van der Waals surface area contributed by atoms with Crippen molar-refractivity contribution in [2.75, 3.05) is 20.2 Å². The van der Waals surface area contributed by atoms with Crippen LogP contribution in [0.25, 0.3) is 0 Å². The van der Waals surface area contributed by atoms with Gasteiger partial charge in [-0.1, -0.05) is 22.0 Å². The fraction of sp³-hybridized carbons (Fsp3) is 0.308. The Hall–Kier alpha value is -1.33. The Balaban J connectivity index is 2.87. The molecule has 5 heteroatoms. The predicted octanol–water partition coefficient (Wildman–Crippen LogP) is 2.53. The van der Waals surface area contributed by atoms with Gasteiger partial charge in [-0.05, 0) is 18.2 Å². The van der Waals surface area contributed by atoms with Crippen LogP contribution < -0.4 is 4.74 Å². The summed E-state index contributed by atoms with van der Waals surface area (Å²) < 4.78 is 6.20. The Kier molecular flexibility index (Phi) is 5.88. The van der Waals surface area contributed by atoms with Crippen molar-refractivity contribution < 1.29 is 14.6 Å². The van der Waals surface area contributed by atoms with Crippen LogP contribution in [0, 0.1) is 0 Å². The molecule has 0 amide bonds. The summed E-state index contributed by atoms with van der Waals surface area (Å²) in [5.74, 6) is -0.108. The van der Waals surface area contributed by atoms with Crippen LogP contribution in [0.15, 0.2) is 35.3 Å². The molecule has 4 nitrogen and oxygen atoms in total. The zero-order chi connectivity index (χ0) is 13.5. The van der Waals surface area contributed by atoms with E-state index in [-0.39, 0.29) is 6.54 Å². The number of ether oxygens (including phenoxy) is 1. The van der Waals surface area contributed by atoms with Crippen LogP contribution in [-0.4, -0.2) is 36.2 Å². The Labute approximate surface area is 115 Å². The molecule has 1 aromatic carbocycles. The minimum absolute atomic E-state index is 0.0261. The number of carboxylic acids is 1. The average molecular weight is 314 g/mol. The topological polar surface area (TPSA) is 49.8 Å². The maximum Gasteiger partial charge on any atom is 0.317 e. The van der Waals surface area contributed by atoms with Gasteiger partial charge in [-0.15, -0.1) is 6.58 Å². The number of halogens is 1.